The molecule has 98 valence electrons. The highest BCUT2D eigenvalue weighted by Gasteiger charge is 2.11. The first-order chi connectivity index (χ1) is 8.43. The minimum atomic E-state index is -0.0520. The van der Waals surface area contributed by atoms with Crippen LogP contribution in [0.4, 0.5) is 11.5 Å². The lowest BCUT2D eigenvalue weighted by Crippen LogP contribution is -2.24. The van der Waals surface area contributed by atoms with Gasteiger partial charge in [0, 0.05) is 13.6 Å². The molecule has 1 aromatic rings. The summed E-state index contributed by atoms with van der Waals surface area (Å²) in [5.74, 6) is 1.14. The zero-order valence-corrected chi connectivity index (χ0v) is 11.3. The molecule has 2 N–H and O–H groups in total. The zero-order chi connectivity index (χ0) is 13.7. The summed E-state index contributed by atoms with van der Waals surface area (Å²) in [5, 5.41) is 8.81. The molecule has 1 atom stereocenters. The van der Waals surface area contributed by atoms with E-state index in [2.05, 4.69) is 11.1 Å². The average Bonchev–Trinajstić information content (AvgIpc) is 2.31. The van der Waals surface area contributed by atoms with Crippen LogP contribution in [0.1, 0.15) is 20.8 Å². The number of hydrogen-bond donors (Lipinski definition) is 1. The predicted molar refractivity (Wildman–Crippen MR) is 72.5 cm³/mol. The Morgan fingerprint density at radius 1 is 1.44 bits per heavy atom. The van der Waals surface area contributed by atoms with Crippen molar-refractivity contribution < 1.29 is 4.74 Å². The standard InChI is InChI=1S/C13H20N4O/c1-9(2)18-13-11(15)5-6-12(16-13)17(4)8-10(3)7-14/h5-6,9-10H,8,15H2,1-4H3. The summed E-state index contributed by atoms with van der Waals surface area (Å²) in [6.45, 7) is 6.35. The summed E-state index contributed by atoms with van der Waals surface area (Å²) < 4.78 is 5.54. The average molecular weight is 248 g/mol. The Morgan fingerprint density at radius 2 is 2.11 bits per heavy atom. The van der Waals surface area contributed by atoms with Crippen LogP contribution in [0.3, 0.4) is 0 Å². The number of nitrogens with two attached hydrogens (primary N) is 1. The Balaban J connectivity index is 2.87. The molecular weight excluding hydrogens is 228 g/mol. The molecule has 0 aliphatic rings. The van der Waals surface area contributed by atoms with Gasteiger partial charge in [0.15, 0.2) is 0 Å². The van der Waals surface area contributed by atoms with Gasteiger partial charge >= 0.3 is 0 Å². The number of nitrogen functional groups attached to an aromatic ring is 1. The van der Waals surface area contributed by atoms with Gasteiger partial charge in [-0.2, -0.15) is 10.2 Å². The Labute approximate surface area is 108 Å². The molecule has 0 fully saturated rings. The Hall–Kier alpha value is -1.96. The fourth-order valence-electron chi connectivity index (χ4n) is 1.52. The van der Waals surface area contributed by atoms with Crippen LogP contribution in [0.25, 0.3) is 0 Å². The van der Waals surface area contributed by atoms with E-state index < -0.39 is 0 Å². The van der Waals surface area contributed by atoms with Gasteiger partial charge in [0.05, 0.1) is 23.8 Å². The lowest BCUT2D eigenvalue weighted by molar-refractivity contribution is 0.234. The second kappa shape index (κ2) is 6.10. The van der Waals surface area contributed by atoms with Crippen LogP contribution in [0.2, 0.25) is 0 Å². The number of nitriles is 1. The van der Waals surface area contributed by atoms with Gasteiger partial charge in [0.25, 0.3) is 0 Å². The molecule has 18 heavy (non-hydrogen) atoms. The molecule has 5 nitrogen and oxygen atoms in total. The van der Waals surface area contributed by atoms with Crippen molar-refractivity contribution in [3.05, 3.63) is 12.1 Å². The lowest BCUT2D eigenvalue weighted by Gasteiger charge is -2.20. The second-order valence-electron chi connectivity index (χ2n) is 4.64. The highest BCUT2D eigenvalue weighted by molar-refractivity contribution is 5.54. The number of rotatable bonds is 5. The molecule has 1 heterocycles. The fraction of sp³-hybridized carbons (Fsp3) is 0.538. The van der Waals surface area contributed by atoms with E-state index in [1.54, 1.807) is 6.07 Å². The number of anilines is 2. The van der Waals surface area contributed by atoms with Gasteiger partial charge in [-0.15, -0.1) is 0 Å². The Bertz CT molecular complexity index is 439. The predicted octanol–water partition coefficient (Wildman–Crippen LogP) is 2.05. The number of ether oxygens (including phenoxy) is 1. The molecule has 5 heteroatoms. The molecule has 0 aliphatic heterocycles. The van der Waals surface area contributed by atoms with E-state index in [9.17, 15) is 0 Å². The molecule has 0 radical (unpaired) electrons. The number of aromatic nitrogens is 1. The highest BCUT2D eigenvalue weighted by Crippen LogP contribution is 2.23. The first kappa shape index (κ1) is 14.1. The van der Waals surface area contributed by atoms with Crippen LogP contribution < -0.4 is 15.4 Å². The SMILES string of the molecule is CC(C#N)CN(C)c1ccc(N)c(OC(C)C)n1. The smallest absolute Gasteiger partial charge is 0.239 e. The summed E-state index contributed by atoms with van der Waals surface area (Å²) >= 11 is 0. The first-order valence-electron chi connectivity index (χ1n) is 5.98. The van der Waals surface area contributed by atoms with Crippen molar-refractivity contribution in [2.45, 2.75) is 26.9 Å². The normalized spacial score (nSPS) is 12.0. The molecule has 0 saturated carbocycles. The third kappa shape index (κ3) is 3.81. The molecule has 0 saturated heterocycles. The monoisotopic (exact) mass is 248 g/mol. The van der Waals surface area contributed by atoms with Gasteiger partial charge in [-0.05, 0) is 32.9 Å². The van der Waals surface area contributed by atoms with E-state index >= 15 is 0 Å². The van der Waals surface area contributed by atoms with Crippen molar-refractivity contribution in [1.29, 1.82) is 5.26 Å². The van der Waals surface area contributed by atoms with E-state index in [1.165, 1.54) is 0 Å². The first-order valence-corrected chi connectivity index (χ1v) is 5.98. The minimum Gasteiger partial charge on any atom is -0.473 e. The summed E-state index contributed by atoms with van der Waals surface area (Å²) in [6.07, 6.45) is 0.0263. The zero-order valence-electron chi connectivity index (χ0n) is 11.3. The largest absolute Gasteiger partial charge is 0.473 e. The van der Waals surface area contributed by atoms with E-state index in [0.29, 0.717) is 18.1 Å². The fourth-order valence-corrected chi connectivity index (χ4v) is 1.52. The van der Waals surface area contributed by atoms with Gasteiger partial charge in [-0.3, -0.25) is 0 Å². The third-order valence-corrected chi connectivity index (χ3v) is 2.38. The van der Waals surface area contributed by atoms with Crippen LogP contribution in [0.5, 0.6) is 5.88 Å². The quantitative estimate of drug-likeness (QED) is 0.863. The Morgan fingerprint density at radius 3 is 2.67 bits per heavy atom. The molecule has 0 aliphatic carbocycles. The van der Waals surface area contributed by atoms with Crippen molar-refractivity contribution in [2.24, 2.45) is 5.92 Å². The van der Waals surface area contributed by atoms with Gasteiger partial charge in [0.2, 0.25) is 5.88 Å². The maximum atomic E-state index is 8.81. The summed E-state index contributed by atoms with van der Waals surface area (Å²) in [5.41, 5.74) is 6.33. The van der Waals surface area contributed by atoms with Crippen molar-refractivity contribution >= 4 is 11.5 Å². The van der Waals surface area contributed by atoms with Crippen LogP contribution in [-0.2, 0) is 0 Å². The molecule has 0 spiro atoms. The topological polar surface area (TPSA) is 75.2 Å². The molecule has 1 unspecified atom stereocenters. The number of hydrogen-bond acceptors (Lipinski definition) is 5. The van der Waals surface area contributed by atoms with Crippen LogP contribution in [0, 0.1) is 17.2 Å². The Kier molecular flexibility index (Phi) is 4.78. The molecule has 0 amide bonds. The second-order valence-corrected chi connectivity index (χ2v) is 4.64. The minimum absolute atomic E-state index is 0.0263. The highest BCUT2D eigenvalue weighted by atomic mass is 16.5. The van der Waals surface area contributed by atoms with E-state index in [1.807, 2.05) is 38.8 Å². The van der Waals surface area contributed by atoms with Gasteiger partial charge in [-0.1, -0.05) is 0 Å². The molecule has 1 rings (SSSR count). The maximum Gasteiger partial charge on any atom is 0.239 e. The van der Waals surface area contributed by atoms with Crippen molar-refractivity contribution in [1.82, 2.24) is 4.98 Å². The summed E-state index contributed by atoms with van der Waals surface area (Å²) in [4.78, 5) is 6.29. The number of nitrogens with zero attached hydrogens (tertiary/aromatic N) is 3. The van der Waals surface area contributed by atoms with Crippen LogP contribution in [-0.4, -0.2) is 24.7 Å². The van der Waals surface area contributed by atoms with E-state index in [4.69, 9.17) is 15.7 Å². The van der Waals surface area contributed by atoms with Gasteiger partial charge in [0.1, 0.15) is 5.82 Å². The molecule has 0 bridgehead atoms. The van der Waals surface area contributed by atoms with Gasteiger partial charge in [-0.25, -0.2) is 0 Å². The van der Waals surface area contributed by atoms with E-state index in [-0.39, 0.29) is 12.0 Å². The van der Waals surface area contributed by atoms with Crippen LogP contribution >= 0.6 is 0 Å². The van der Waals surface area contributed by atoms with Crippen molar-refractivity contribution in [2.75, 3.05) is 24.2 Å². The molecule has 0 aromatic carbocycles. The number of pyridine rings is 1. The third-order valence-electron chi connectivity index (χ3n) is 2.38. The summed E-state index contributed by atoms with van der Waals surface area (Å²) in [7, 11) is 1.89. The van der Waals surface area contributed by atoms with Crippen molar-refractivity contribution in [3.63, 3.8) is 0 Å². The van der Waals surface area contributed by atoms with Gasteiger partial charge < -0.3 is 15.4 Å². The van der Waals surface area contributed by atoms with Crippen LogP contribution in [0.15, 0.2) is 12.1 Å². The maximum absolute atomic E-state index is 8.81. The van der Waals surface area contributed by atoms with Crippen molar-refractivity contribution in [3.8, 4) is 11.9 Å². The van der Waals surface area contributed by atoms with E-state index in [0.717, 1.165) is 5.82 Å². The molecular formula is C13H20N4O. The lowest BCUT2D eigenvalue weighted by atomic mass is 10.2. The molecule has 1 aromatic heterocycles. The summed E-state index contributed by atoms with van der Waals surface area (Å²) in [6, 6.07) is 5.80.